The molecular formula is C21H33N3O2. The molecule has 0 aliphatic carbocycles. The molecule has 2 atom stereocenters. The van der Waals surface area contributed by atoms with Gasteiger partial charge < -0.3 is 10.0 Å². The average molecular weight is 360 g/mol. The number of rotatable bonds is 5. The molecule has 2 heterocycles. The second-order valence-corrected chi connectivity index (χ2v) is 7.99. The molecule has 26 heavy (non-hydrogen) atoms. The van der Waals surface area contributed by atoms with Gasteiger partial charge in [0.15, 0.2) is 0 Å². The summed E-state index contributed by atoms with van der Waals surface area (Å²) < 4.78 is 0. The number of carbonyl (C=O) groups excluding carboxylic acids is 1. The zero-order valence-corrected chi connectivity index (χ0v) is 16.2. The number of amides is 1. The monoisotopic (exact) mass is 359 g/mol. The van der Waals surface area contributed by atoms with Gasteiger partial charge in [-0.05, 0) is 37.8 Å². The Hall–Kier alpha value is -1.43. The molecule has 3 rings (SSSR count). The number of aliphatic hydroxyl groups is 1. The van der Waals surface area contributed by atoms with Gasteiger partial charge in [0.1, 0.15) is 0 Å². The smallest absolute Gasteiger partial charge is 0.236 e. The number of piperidine rings is 1. The molecule has 0 radical (unpaired) electrons. The Morgan fingerprint density at radius 3 is 2.65 bits per heavy atom. The van der Waals surface area contributed by atoms with Crippen molar-refractivity contribution in [1.82, 2.24) is 14.7 Å². The van der Waals surface area contributed by atoms with E-state index in [2.05, 4.69) is 47.9 Å². The molecule has 2 fully saturated rings. The van der Waals surface area contributed by atoms with Crippen LogP contribution in [-0.2, 0) is 11.3 Å². The SMILES string of the molecule is Cc1cccc(CN2CCN(C(=O)CN3CCC[C@H](C)[C@H]3CO)CC2)c1. The van der Waals surface area contributed by atoms with E-state index in [1.807, 2.05) is 4.90 Å². The number of likely N-dealkylation sites (tertiary alicyclic amines) is 1. The molecule has 0 bridgehead atoms. The number of hydrogen-bond donors (Lipinski definition) is 1. The van der Waals surface area contributed by atoms with E-state index in [0.29, 0.717) is 12.5 Å². The number of carbonyl (C=O) groups is 1. The van der Waals surface area contributed by atoms with E-state index in [-0.39, 0.29) is 18.6 Å². The van der Waals surface area contributed by atoms with E-state index in [9.17, 15) is 9.90 Å². The van der Waals surface area contributed by atoms with Crippen molar-refractivity contribution in [3.05, 3.63) is 35.4 Å². The maximum Gasteiger partial charge on any atom is 0.236 e. The van der Waals surface area contributed by atoms with Crippen LogP contribution in [0.1, 0.15) is 30.9 Å². The lowest BCUT2D eigenvalue weighted by molar-refractivity contribution is -0.135. The highest BCUT2D eigenvalue weighted by Gasteiger charge is 2.31. The second-order valence-electron chi connectivity index (χ2n) is 7.99. The summed E-state index contributed by atoms with van der Waals surface area (Å²) in [7, 11) is 0. The van der Waals surface area contributed by atoms with Crippen molar-refractivity contribution in [2.45, 2.75) is 39.3 Å². The molecule has 5 nitrogen and oxygen atoms in total. The Morgan fingerprint density at radius 2 is 1.96 bits per heavy atom. The Bertz CT molecular complexity index is 599. The van der Waals surface area contributed by atoms with Gasteiger partial charge in [0, 0.05) is 38.8 Å². The van der Waals surface area contributed by atoms with Gasteiger partial charge in [0.2, 0.25) is 5.91 Å². The summed E-state index contributed by atoms with van der Waals surface area (Å²) in [6.07, 6.45) is 2.27. The van der Waals surface area contributed by atoms with Gasteiger partial charge in [-0.2, -0.15) is 0 Å². The molecule has 1 N–H and O–H groups in total. The van der Waals surface area contributed by atoms with Crippen molar-refractivity contribution >= 4 is 5.91 Å². The van der Waals surface area contributed by atoms with Gasteiger partial charge >= 0.3 is 0 Å². The van der Waals surface area contributed by atoms with Crippen molar-refractivity contribution in [1.29, 1.82) is 0 Å². The minimum atomic E-state index is 0.135. The minimum absolute atomic E-state index is 0.135. The Labute approximate surface area is 157 Å². The minimum Gasteiger partial charge on any atom is -0.395 e. The second kappa shape index (κ2) is 8.98. The summed E-state index contributed by atoms with van der Waals surface area (Å²) >= 11 is 0. The van der Waals surface area contributed by atoms with Crippen molar-refractivity contribution < 1.29 is 9.90 Å². The maximum absolute atomic E-state index is 12.7. The number of hydrogen-bond acceptors (Lipinski definition) is 4. The first-order chi connectivity index (χ1) is 12.6. The molecule has 1 aromatic rings. The highest BCUT2D eigenvalue weighted by molar-refractivity contribution is 5.78. The third-order valence-corrected chi connectivity index (χ3v) is 5.97. The Balaban J connectivity index is 1.47. The van der Waals surface area contributed by atoms with Crippen LogP contribution in [0.25, 0.3) is 0 Å². The van der Waals surface area contributed by atoms with Crippen LogP contribution < -0.4 is 0 Å². The number of piperazine rings is 1. The largest absolute Gasteiger partial charge is 0.395 e. The van der Waals surface area contributed by atoms with E-state index >= 15 is 0 Å². The van der Waals surface area contributed by atoms with E-state index in [0.717, 1.165) is 52.1 Å². The molecule has 0 aromatic heterocycles. The molecule has 1 amide bonds. The van der Waals surface area contributed by atoms with Crippen LogP contribution in [0.5, 0.6) is 0 Å². The molecule has 2 aliphatic heterocycles. The normalized spacial score (nSPS) is 25.4. The molecule has 2 saturated heterocycles. The van der Waals surface area contributed by atoms with E-state index in [1.54, 1.807) is 0 Å². The zero-order chi connectivity index (χ0) is 18.5. The maximum atomic E-state index is 12.7. The van der Waals surface area contributed by atoms with E-state index in [1.165, 1.54) is 11.1 Å². The molecule has 1 aromatic carbocycles. The molecule has 0 saturated carbocycles. The fraction of sp³-hybridized carbons (Fsp3) is 0.667. The fourth-order valence-corrected chi connectivity index (χ4v) is 4.32. The van der Waals surface area contributed by atoms with Gasteiger partial charge in [-0.15, -0.1) is 0 Å². The molecule has 2 aliphatic rings. The summed E-state index contributed by atoms with van der Waals surface area (Å²) in [5.74, 6) is 0.681. The van der Waals surface area contributed by atoms with Crippen LogP contribution in [-0.4, -0.2) is 77.6 Å². The topological polar surface area (TPSA) is 47.0 Å². The van der Waals surface area contributed by atoms with Gasteiger partial charge in [-0.3, -0.25) is 14.6 Å². The molecule has 5 heteroatoms. The summed E-state index contributed by atoms with van der Waals surface area (Å²) in [6.45, 7) is 10.3. The average Bonchev–Trinajstić information content (AvgIpc) is 2.62. The first-order valence-electron chi connectivity index (χ1n) is 9.97. The van der Waals surface area contributed by atoms with Gasteiger partial charge in [0.25, 0.3) is 0 Å². The third kappa shape index (κ3) is 4.84. The standard InChI is InChI=1S/C21H33N3O2/c1-17-5-3-7-19(13-17)14-22-9-11-23(12-10-22)21(26)15-24-8-4-6-18(2)20(24)16-25/h3,5,7,13,18,20,25H,4,6,8-12,14-16H2,1-2H3/t18-,20+/m0/s1. The fourth-order valence-electron chi connectivity index (χ4n) is 4.32. The summed E-state index contributed by atoms with van der Waals surface area (Å²) in [5, 5.41) is 9.68. The van der Waals surface area contributed by atoms with Crippen molar-refractivity contribution in [3.8, 4) is 0 Å². The first-order valence-corrected chi connectivity index (χ1v) is 9.97. The quantitative estimate of drug-likeness (QED) is 0.870. The summed E-state index contributed by atoms with van der Waals surface area (Å²) in [4.78, 5) is 19.3. The van der Waals surface area contributed by atoms with Crippen LogP contribution in [0.3, 0.4) is 0 Å². The van der Waals surface area contributed by atoms with Gasteiger partial charge in [0.05, 0.1) is 13.2 Å². The number of benzene rings is 1. The number of aliphatic hydroxyl groups excluding tert-OH is 1. The highest BCUT2D eigenvalue weighted by atomic mass is 16.3. The van der Waals surface area contributed by atoms with Crippen LogP contribution in [0, 0.1) is 12.8 Å². The van der Waals surface area contributed by atoms with Crippen LogP contribution in [0.15, 0.2) is 24.3 Å². The van der Waals surface area contributed by atoms with E-state index in [4.69, 9.17) is 0 Å². The highest BCUT2D eigenvalue weighted by Crippen LogP contribution is 2.23. The van der Waals surface area contributed by atoms with Crippen LogP contribution >= 0.6 is 0 Å². The molecular weight excluding hydrogens is 326 g/mol. The number of nitrogens with zero attached hydrogens (tertiary/aromatic N) is 3. The molecule has 144 valence electrons. The molecule has 0 unspecified atom stereocenters. The third-order valence-electron chi connectivity index (χ3n) is 5.97. The number of aryl methyl sites for hydroxylation is 1. The van der Waals surface area contributed by atoms with Crippen LogP contribution in [0.4, 0.5) is 0 Å². The van der Waals surface area contributed by atoms with Crippen LogP contribution in [0.2, 0.25) is 0 Å². The Morgan fingerprint density at radius 1 is 1.19 bits per heavy atom. The Kier molecular flexibility index (Phi) is 6.68. The predicted molar refractivity (Wildman–Crippen MR) is 104 cm³/mol. The zero-order valence-electron chi connectivity index (χ0n) is 16.2. The van der Waals surface area contributed by atoms with Crippen molar-refractivity contribution in [2.24, 2.45) is 5.92 Å². The lowest BCUT2D eigenvalue weighted by atomic mass is 9.91. The lowest BCUT2D eigenvalue weighted by Crippen LogP contribution is -2.54. The molecule has 0 spiro atoms. The summed E-state index contributed by atoms with van der Waals surface area (Å²) in [6, 6.07) is 8.79. The van der Waals surface area contributed by atoms with Gasteiger partial charge in [-0.25, -0.2) is 0 Å². The first kappa shape index (κ1) is 19.3. The predicted octanol–water partition coefficient (Wildman–Crippen LogP) is 1.73. The summed E-state index contributed by atoms with van der Waals surface area (Å²) in [5.41, 5.74) is 2.64. The van der Waals surface area contributed by atoms with Crippen molar-refractivity contribution in [3.63, 3.8) is 0 Å². The van der Waals surface area contributed by atoms with Gasteiger partial charge in [-0.1, -0.05) is 36.8 Å². The van der Waals surface area contributed by atoms with E-state index < -0.39 is 0 Å². The van der Waals surface area contributed by atoms with Crippen molar-refractivity contribution in [2.75, 3.05) is 45.9 Å². The lowest BCUT2D eigenvalue weighted by Gasteiger charge is -2.40.